The summed E-state index contributed by atoms with van der Waals surface area (Å²) in [6.07, 6.45) is 3.22. The van der Waals surface area contributed by atoms with E-state index in [4.69, 9.17) is 0 Å². The number of hydrogen-bond acceptors (Lipinski definition) is 1. The highest BCUT2D eigenvalue weighted by atomic mass is 16.3. The van der Waals surface area contributed by atoms with Crippen molar-refractivity contribution < 1.29 is 5.11 Å². The third-order valence-corrected chi connectivity index (χ3v) is 5.24. The Kier molecular flexibility index (Phi) is 4.35. The van der Waals surface area contributed by atoms with Gasteiger partial charge in [0.05, 0.1) is 6.10 Å². The predicted octanol–water partition coefficient (Wildman–Crippen LogP) is 4.40. The van der Waals surface area contributed by atoms with Crippen LogP contribution in [-0.2, 0) is 5.41 Å². The van der Waals surface area contributed by atoms with Gasteiger partial charge in [0.25, 0.3) is 0 Å². The zero-order chi connectivity index (χ0) is 14.0. The van der Waals surface area contributed by atoms with Gasteiger partial charge in [-0.05, 0) is 48.0 Å². The smallest absolute Gasteiger partial charge is 0.0579 e. The lowest BCUT2D eigenvalue weighted by Crippen LogP contribution is -2.42. The van der Waals surface area contributed by atoms with E-state index in [-0.39, 0.29) is 11.5 Å². The summed E-state index contributed by atoms with van der Waals surface area (Å²) in [5.41, 5.74) is 1.41. The van der Waals surface area contributed by atoms with E-state index in [0.717, 1.165) is 12.8 Å². The maximum absolute atomic E-state index is 10.6. The number of rotatable bonds is 3. The molecule has 1 saturated carbocycles. The van der Waals surface area contributed by atoms with Crippen LogP contribution in [0.3, 0.4) is 0 Å². The van der Waals surface area contributed by atoms with Crippen LogP contribution in [0.5, 0.6) is 0 Å². The lowest BCUT2D eigenvalue weighted by Gasteiger charge is -2.44. The topological polar surface area (TPSA) is 20.2 Å². The normalized spacial score (nSPS) is 28.6. The minimum Gasteiger partial charge on any atom is -0.393 e. The third kappa shape index (κ3) is 3.02. The fraction of sp³-hybridized carbons (Fsp3) is 0.667. The van der Waals surface area contributed by atoms with Crippen LogP contribution in [0, 0.1) is 17.8 Å². The fourth-order valence-electron chi connectivity index (χ4n) is 3.71. The minimum absolute atomic E-state index is 0.0582. The Balaban J connectivity index is 2.14. The van der Waals surface area contributed by atoms with Crippen molar-refractivity contribution in [2.75, 3.05) is 0 Å². The minimum atomic E-state index is -0.156. The summed E-state index contributed by atoms with van der Waals surface area (Å²) in [5.74, 6) is 1.76. The van der Waals surface area contributed by atoms with Gasteiger partial charge in [-0.25, -0.2) is 0 Å². The van der Waals surface area contributed by atoms with Gasteiger partial charge in [0, 0.05) is 0 Å². The molecule has 1 N–H and O–H groups in total. The highest BCUT2D eigenvalue weighted by Gasteiger charge is 2.40. The Bertz CT molecular complexity index is 393. The average Bonchev–Trinajstić information content (AvgIpc) is 2.39. The van der Waals surface area contributed by atoms with Crippen LogP contribution < -0.4 is 0 Å². The molecule has 0 bridgehead atoms. The molecule has 0 radical (unpaired) electrons. The highest BCUT2D eigenvalue weighted by molar-refractivity contribution is 5.25. The number of hydrogen-bond donors (Lipinski definition) is 1. The molecule has 3 atom stereocenters. The van der Waals surface area contributed by atoms with E-state index in [2.05, 4.69) is 58.0 Å². The average molecular weight is 260 g/mol. The summed E-state index contributed by atoms with van der Waals surface area (Å²) in [6.45, 7) is 9.12. The first-order valence-corrected chi connectivity index (χ1v) is 7.66. The molecule has 19 heavy (non-hydrogen) atoms. The Hall–Kier alpha value is -0.820. The summed E-state index contributed by atoms with van der Waals surface area (Å²) in [6, 6.07) is 10.7. The molecule has 1 aliphatic carbocycles. The van der Waals surface area contributed by atoms with Crippen LogP contribution in [0.4, 0.5) is 0 Å². The van der Waals surface area contributed by atoms with E-state index >= 15 is 0 Å². The molecular weight excluding hydrogens is 232 g/mol. The second-order valence-corrected chi connectivity index (χ2v) is 7.08. The Morgan fingerprint density at radius 3 is 2.26 bits per heavy atom. The molecule has 0 heterocycles. The quantitative estimate of drug-likeness (QED) is 0.854. The van der Waals surface area contributed by atoms with E-state index in [1.807, 2.05) is 0 Å². The van der Waals surface area contributed by atoms with E-state index in [9.17, 15) is 5.11 Å². The first-order valence-electron chi connectivity index (χ1n) is 7.66. The predicted molar refractivity (Wildman–Crippen MR) is 81.1 cm³/mol. The molecule has 1 aromatic rings. The SMILES string of the molecule is CC(C)[C@H]1CC[C@H](C(C)(C)c2ccccc2)[C@H](O)C1. The van der Waals surface area contributed by atoms with E-state index < -0.39 is 0 Å². The second-order valence-electron chi connectivity index (χ2n) is 7.08. The van der Waals surface area contributed by atoms with E-state index in [1.54, 1.807) is 0 Å². The second kappa shape index (κ2) is 5.66. The van der Waals surface area contributed by atoms with Gasteiger partial charge in [0.1, 0.15) is 0 Å². The first-order chi connectivity index (χ1) is 8.93. The molecule has 0 spiro atoms. The monoisotopic (exact) mass is 260 g/mol. The van der Waals surface area contributed by atoms with Gasteiger partial charge >= 0.3 is 0 Å². The molecule has 0 aliphatic heterocycles. The summed E-state index contributed by atoms with van der Waals surface area (Å²) in [7, 11) is 0. The van der Waals surface area contributed by atoms with Gasteiger partial charge in [-0.15, -0.1) is 0 Å². The largest absolute Gasteiger partial charge is 0.393 e. The standard InChI is InChI=1S/C18H28O/c1-13(2)14-10-11-16(17(19)12-14)18(3,4)15-8-6-5-7-9-15/h5-9,13-14,16-17,19H,10-12H2,1-4H3/t14-,16-,17+/m0/s1. The molecule has 2 rings (SSSR count). The maximum Gasteiger partial charge on any atom is 0.0579 e. The van der Waals surface area contributed by atoms with Crippen molar-refractivity contribution in [3.8, 4) is 0 Å². The van der Waals surface area contributed by atoms with Crippen molar-refractivity contribution in [1.82, 2.24) is 0 Å². The van der Waals surface area contributed by atoms with Crippen molar-refractivity contribution in [1.29, 1.82) is 0 Å². The van der Waals surface area contributed by atoms with Crippen LogP contribution >= 0.6 is 0 Å². The summed E-state index contributed by atoms with van der Waals surface area (Å²) in [4.78, 5) is 0. The summed E-state index contributed by atoms with van der Waals surface area (Å²) in [5, 5.41) is 10.6. The maximum atomic E-state index is 10.6. The van der Waals surface area contributed by atoms with Gasteiger partial charge in [0.15, 0.2) is 0 Å². The third-order valence-electron chi connectivity index (χ3n) is 5.24. The first kappa shape index (κ1) is 14.6. The van der Waals surface area contributed by atoms with Crippen molar-refractivity contribution in [2.24, 2.45) is 17.8 Å². The van der Waals surface area contributed by atoms with Gasteiger partial charge in [-0.1, -0.05) is 58.0 Å². The molecule has 0 saturated heterocycles. The summed E-state index contributed by atoms with van der Waals surface area (Å²) < 4.78 is 0. The summed E-state index contributed by atoms with van der Waals surface area (Å²) >= 11 is 0. The molecule has 1 heteroatoms. The number of aliphatic hydroxyl groups excluding tert-OH is 1. The van der Waals surface area contributed by atoms with Crippen LogP contribution in [-0.4, -0.2) is 11.2 Å². The van der Waals surface area contributed by atoms with Crippen molar-refractivity contribution in [3.63, 3.8) is 0 Å². The molecule has 1 aromatic carbocycles. The molecular formula is C18H28O. The highest BCUT2D eigenvalue weighted by Crippen LogP contribution is 2.43. The van der Waals surface area contributed by atoms with Crippen molar-refractivity contribution in [3.05, 3.63) is 35.9 Å². The van der Waals surface area contributed by atoms with Crippen molar-refractivity contribution >= 4 is 0 Å². The zero-order valence-electron chi connectivity index (χ0n) is 12.8. The van der Waals surface area contributed by atoms with Gasteiger partial charge < -0.3 is 5.11 Å². The fourth-order valence-corrected chi connectivity index (χ4v) is 3.71. The Labute approximate surface area is 118 Å². The van der Waals surface area contributed by atoms with Gasteiger partial charge in [-0.2, -0.15) is 0 Å². The van der Waals surface area contributed by atoms with Crippen LogP contribution in [0.15, 0.2) is 30.3 Å². The molecule has 0 amide bonds. The van der Waals surface area contributed by atoms with E-state index in [1.165, 1.54) is 12.0 Å². The van der Waals surface area contributed by atoms with Crippen LogP contribution in [0.2, 0.25) is 0 Å². The molecule has 1 nitrogen and oxygen atoms in total. The molecule has 0 aromatic heterocycles. The lowest BCUT2D eigenvalue weighted by molar-refractivity contribution is 0.00150. The Morgan fingerprint density at radius 2 is 1.74 bits per heavy atom. The van der Waals surface area contributed by atoms with Gasteiger partial charge in [0.2, 0.25) is 0 Å². The molecule has 0 unspecified atom stereocenters. The molecule has 1 aliphatic rings. The zero-order valence-corrected chi connectivity index (χ0v) is 12.8. The van der Waals surface area contributed by atoms with Crippen LogP contribution in [0.1, 0.15) is 52.5 Å². The number of aliphatic hydroxyl groups is 1. The van der Waals surface area contributed by atoms with Crippen molar-refractivity contribution in [2.45, 2.75) is 58.5 Å². The Morgan fingerprint density at radius 1 is 1.11 bits per heavy atom. The molecule has 1 fully saturated rings. The molecule has 106 valence electrons. The van der Waals surface area contributed by atoms with E-state index in [0.29, 0.717) is 17.8 Å². The lowest BCUT2D eigenvalue weighted by atomic mass is 9.63. The van der Waals surface area contributed by atoms with Crippen LogP contribution in [0.25, 0.3) is 0 Å². The number of benzene rings is 1. The van der Waals surface area contributed by atoms with Gasteiger partial charge in [-0.3, -0.25) is 0 Å².